The van der Waals surface area contributed by atoms with Crippen molar-refractivity contribution in [3.05, 3.63) is 53.6 Å². The highest BCUT2D eigenvalue weighted by Crippen LogP contribution is 2.24. The van der Waals surface area contributed by atoms with E-state index >= 15 is 0 Å². The maximum Gasteiger partial charge on any atom is 0.414 e. The molecule has 0 spiro atoms. The first-order valence-electron chi connectivity index (χ1n) is 7.92. The van der Waals surface area contributed by atoms with Gasteiger partial charge in [-0.25, -0.2) is 9.59 Å². The molecule has 0 aliphatic carbocycles. The number of benzene rings is 2. The molecule has 27 heavy (non-hydrogen) atoms. The van der Waals surface area contributed by atoms with Crippen LogP contribution in [0.3, 0.4) is 0 Å². The minimum Gasteiger partial charge on any atom is -0.497 e. The SMILES string of the molecule is COc1ccc(CNCc2ccc(OC)cc2OC)cc1.O=C(O)C(=O)O. The molecule has 8 heteroatoms. The van der Waals surface area contributed by atoms with Gasteiger partial charge in [-0.1, -0.05) is 18.2 Å². The second kappa shape index (κ2) is 11.4. The highest BCUT2D eigenvalue weighted by Gasteiger charge is 2.05. The van der Waals surface area contributed by atoms with E-state index in [-0.39, 0.29) is 0 Å². The fourth-order valence-corrected chi connectivity index (χ4v) is 2.08. The van der Waals surface area contributed by atoms with Crippen molar-refractivity contribution >= 4 is 11.9 Å². The van der Waals surface area contributed by atoms with Crippen LogP contribution in [0.4, 0.5) is 0 Å². The second-order valence-corrected chi connectivity index (χ2v) is 5.24. The van der Waals surface area contributed by atoms with Crippen LogP contribution in [0.15, 0.2) is 42.5 Å². The first kappa shape index (κ1) is 21.8. The Hall–Kier alpha value is -3.26. The number of ether oxygens (including phenoxy) is 3. The van der Waals surface area contributed by atoms with Gasteiger partial charge in [0.1, 0.15) is 17.2 Å². The first-order valence-corrected chi connectivity index (χ1v) is 7.92. The minimum absolute atomic E-state index is 0.735. The van der Waals surface area contributed by atoms with Gasteiger partial charge in [-0.05, 0) is 23.8 Å². The normalized spacial score (nSPS) is 9.59. The number of hydrogen-bond donors (Lipinski definition) is 3. The van der Waals surface area contributed by atoms with Gasteiger partial charge in [0.05, 0.1) is 21.3 Å². The van der Waals surface area contributed by atoms with E-state index < -0.39 is 11.9 Å². The van der Waals surface area contributed by atoms with Crippen LogP contribution in [0.2, 0.25) is 0 Å². The summed E-state index contributed by atoms with van der Waals surface area (Å²) in [6, 6.07) is 13.9. The molecule has 0 aliphatic rings. The van der Waals surface area contributed by atoms with Crippen LogP contribution in [0.5, 0.6) is 17.2 Å². The quantitative estimate of drug-likeness (QED) is 0.629. The van der Waals surface area contributed by atoms with E-state index in [9.17, 15) is 0 Å². The van der Waals surface area contributed by atoms with E-state index in [1.54, 1.807) is 21.3 Å². The zero-order valence-electron chi connectivity index (χ0n) is 15.4. The molecule has 2 rings (SSSR count). The molecule has 0 fully saturated rings. The lowest BCUT2D eigenvalue weighted by Gasteiger charge is -2.11. The molecule has 0 heterocycles. The maximum absolute atomic E-state index is 9.10. The van der Waals surface area contributed by atoms with E-state index in [0.717, 1.165) is 35.9 Å². The molecule has 2 aromatic carbocycles. The predicted molar refractivity (Wildman–Crippen MR) is 98.4 cm³/mol. The van der Waals surface area contributed by atoms with Crippen LogP contribution < -0.4 is 19.5 Å². The monoisotopic (exact) mass is 377 g/mol. The Morgan fingerprint density at radius 3 is 1.85 bits per heavy atom. The van der Waals surface area contributed by atoms with Gasteiger partial charge in [0.25, 0.3) is 0 Å². The first-order chi connectivity index (χ1) is 12.9. The van der Waals surface area contributed by atoms with Gasteiger partial charge >= 0.3 is 11.9 Å². The summed E-state index contributed by atoms with van der Waals surface area (Å²) in [5.74, 6) is -1.15. The average Bonchev–Trinajstić information content (AvgIpc) is 2.69. The number of nitrogens with one attached hydrogen (secondary N) is 1. The molecule has 8 nitrogen and oxygen atoms in total. The molecule has 0 amide bonds. The number of aliphatic carboxylic acids is 2. The van der Waals surface area contributed by atoms with Crippen LogP contribution in [-0.4, -0.2) is 43.5 Å². The van der Waals surface area contributed by atoms with E-state index in [4.69, 9.17) is 34.0 Å². The standard InChI is InChI=1S/C17H21NO3.C2H2O4/c1-19-15-7-4-13(5-8-15)11-18-12-14-6-9-16(20-2)10-17(14)21-3;3-1(4)2(5)6/h4-10,18H,11-12H2,1-3H3;(H,3,4)(H,5,6). The van der Waals surface area contributed by atoms with Crippen LogP contribution >= 0.6 is 0 Å². The second-order valence-electron chi connectivity index (χ2n) is 5.24. The zero-order chi connectivity index (χ0) is 20.2. The lowest BCUT2D eigenvalue weighted by atomic mass is 10.1. The van der Waals surface area contributed by atoms with Gasteiger partial charge in [0.2, 0.25) is 0 Å². The van der Waals surface area contributed by atoms with Crippen molar-refractivity contribution < 1.29 is 34.0 Å². The molecule has 0 aliphatic heterocycles. The van der Waals surface area contributed by atoms with Crippen molar-refractivity contribution in [2.75, 3.05) is 21.3 Å². The van der Waals surface area contributed by atoms with Crippen LogP contribution in [-0.2, 0) is 22.7 Å². The third kappa shape index (κ3) is 7.66. The molecule has 0 radical (unpaired) electrons. The summed E-state index contributed by atoms with van der Waals surface area (Å²) in [6.07, 6.45) is 0. The number of rotatable bonds is 7. The van der Waals surface area contributed by atoms with Crippen molar-refractivity contribution in [2.45, 2.75) is 13.1 Å². The predicted octanol–water partition coefficient (Wildman–Crippen LogP) is 2.16. The molecule has 0 saturated heterocycles. The molecule has 0 unspecified atom stereocenters. The maximum atomic E-state index is 9.10. The van der Waals surface area contributed by atoms with Crippen molar-refractivity contribution in [1.29, 1.82) is 0 Å². The van der Waals surface area contributed by atoms with Crippen LogP contribution in [0, 0.1) is 0 Å². The van der Waals surface area contributed by atoms with Gasteiger partial charge in [0.15, 0.2) is 0 Å². The molecule has 2 aromatic rings. The summed E-state index contributed by atoms with van der Waals surface area (Å²) < 4.78 is 15.7. The number of carboxylic acid groups (broad SMARTS) is 2. The van der Waals surface area contributed by atoms with Crippen LogP contribution in [0.25, 0.3) is 0 Å². The summed E-state index contributed by atoms with van der Waals surface area (Å²) in [5.41, 5.74) is 2.31. The fourth-order valence-electron chi connectivity index (χ4n) is 2.08. The van der Waals surface area contributed by atoms with Gasteiger partial charge in [-0.3, -0.25) is 0 Å². The largest absolute Gasteiger partial charge is 0.497 e. The van der Waals surface area contributed by atoms with E-state index in [1.807, 2.05) is 30.3 Å². The summed E-state index contributed by atoms with van der Waals surface area (Å²) >= 11 is 0. The van der Waals surface area contributed by atoms with Gasteiger partial charge in [-0.2, -0.15) is 0 Å². The molecule has 146 valence electrons. The van der Waals surface area contributed by atoms with Gasteiger partial charge in [0, 0.05) is 24.7 Å². The van der Waals surface area contributed by atoms with Gasteiger partial charge in [-0.15, -0.1) is 0 Å². The molecular weight excluding hydrogens is 354 g/mol. The molecule has 0 aromatic heterocycles. The van der Waals surface area contributed by atoms with Crippen molar-refractivity contribution in [3.8, 4) is 17.2 Å². The molecule has 0 atom stereocenters. The van der Waals surface area contributed by atoms with Gasteiger partial charge < -0.3 is 29.7 Å². The summed E-state index contributed by atoms with van der Waals surface area (Å²) in [4.78, 5) is 18.2. The summed E-state index contributed by atoms with van der Waals surface area (Å²) in [6.45, 7) is 1.53. The zero-order valence-corrected chi connectivity index (χ0v) is 15.4. The molecule has 3 N–H and O–H groups in total. The van der Waals surface area contributed by atoms with E-state index in [2.05, 4.69) is 17.4 Å². The number of hydrogen-bond acceptors (Lipinski definition) is 6. The summed E-state index contributed by atoms with van der Waals surface area (Å²) in [5, 5.41) is 18.2. The fraction of sp³-hybridized carbons (Fsp3) is 0.263. The lowest BCUT2D eigenvalue weighted by Crippen LogP contribution is -2.13. The molecule has 0 bridgehead atoms. The molecule has 0 saturated carbocycles. The lowest BCUT2D eigenvalue weighted by molar-refractivity contribution is -0.159. The molecular formula is C19H23NO7. The Bertz CT molecular complexity index is 732. The average molecular weight is 377 g/mol. The smallest absolute Gasteiger partial charge is 0.414 e. The highest BCUT2D eigenvalue weighted by molar-refractivity contribution is 6.27. The third-order valence-corrected chi connectivity index (χ3v) is 3.48. The number of carboxylic acids is 2. The highest BCUT2D eigenvalue weighted by atomic mass is 16.5. The Labute approximate surface area is 157 Å². The Balaban J connectivity index is 0.000000527. The van der Waals surface area contributed by atoms with E-state index in [1.165, 1.54) is 5.56 Å². The Morgan fingerprint density at radius 2 is 1.37 bits per heavy atom. The number of methoxy groups -OCH3 is 3. The van der Waals surface area contributed by atoms with Crippen molar-refractivity contribution in [3.63, 3.8) is 0 Å². The summed E-state index contributed by atoms with van der Waals surface area (Å²) in [7, 11) is 4.99. The van der Waals surface area contributed by atoms with Crippen LogP contribution in [0.1, 0.15) is 11.1 Å². The van der Waals surface area contributed by atoms with Crippen molar-refractivity contribution in [2.24, 2.45) is 0 Å². The Morgan fingerprint density at radius 1 is 0.815 bits per heavy atom. The topological polar surface area (TPSA) is 114 Å². The Kier molecular flexibility index (Phi) is 9.18. The third-order valence-electron chi connectivity index (χ3n) is 3.48. The minimum atomic E-state index is -1.82. The van der Waals surface area contributed by atoms with Crippen molar-refractivity contribution in [1.82, 2.24) is 5.32 Å². The number of carbonyl (C=O) groups is 2. The van der Waals surface area contributed by atoms with E-state index in [0.29, 0.717) is 0 Å².